The van der Waals surface area contributed by atoms with E-state index in [4.69, 9.17) is 28.4 Å². The molecule has 4 unspecified atom stereocenters. The predicted octanol–water partition coefficient (Wildman–Crippen LogP) is -4.57. The average molecular weight is 515 g/mol. The standard InChI is InChI=1S/C21H38O14/c1-7-16(33-21-15(29)14(28)18(34-21)11(6-24)30-3)13(27)10(5-23)32-20(7)35-19-12(26)8(2)31-17(19)9(25)4-22/h7-29H,4-6H2,1-3H3/t7?,8-,9-,10?,11-,12?,13-,14?,15+,16-,17+,18+,19+,20+,21-/m1/s1. The molecule has 0 saturated carbocycles. The first-order chi connectivity index (χ1) is 16.6. The molecule has 206 valence electrons. The first-order valence-corrected chi connectivity index (χ1v) is 11.6. The van der Waals surface area contributed by atoms with Crippen LogP contribution in [0.1, 0.15) is 13.8 Å². The van der Waals surface area contributed by atoms with Crippen LogP contribution in [-0.4, -0.2) is 154 Å². The van der Waals surface area contributed by atoms with Gasteiger partial charge in [-0.05, 0) is 6.92 Å². The third-order valence-electron chi connectivity index (χ3n) is 6.92. The average Bonchev–Trinajstić information content (AvgIpc) is 3.29. The molecule has 15 atom stereocenters. The lowest BCUT2D eigenvalue weighted by molar-refractivity contribution is -0.329. The van der Waals surface area contributed by atoms with E-state index in [0.29, 0.717) is 0 Å². The molecule has 3 aliphatic heterocycles. The predicted molar refractivity (Wildman–Crippen MR) is 113 cm³/mol. The van der Waals surface area contributed by atoms with Crippen LogP contribution in [0.15, 0.2) is 0 Å². The van der Waals surface area contributed by atoms with E-state index in [2.05, 4.69) is 0 Å². The lowest BCUT2D eigenvalue weighted by atomic mass is 9.91. The highest BCUT2D eigenvalue weighted by Gasteiger charge is 2.53. The summed E-state index contributed by atoms with van der Waals surface area (Å²) in [7, 11) is 1.30. The van der Waals surface area contributed by atoms with Gasteiger partial charge in [0.15, 0.2) is 12.6 Å². The van der Waals surface area contributed by atoms with Crippen molar-refractivity contribution in [3.8, 4) is 0 Å². The summed E-state index contributed by atoms with van der Waals surface area (Å²) in [5.41, 5.74) is 0. The van der Waals surface area contributed by atoms with Crippen LogP contribution >= 0.6 is 0 Å². The number of ether oxygens (including phenoxy) is 6. The topological polar surface area (TPSA) is 217 Å². The molecule has 0 bridgehead atoms. The van der Waals surface area contributed by atoms with Crippen molar-refractivity contribution in [2.75, 3.05) is 26.9 Å². The van der Waals surface area contributed by atoms with E-state index < -0.39 is 112 Å². The molecule has 3 heterocycles. The van der Waals surface area contributed by atoms with E-state index in [0.717, 1.165) is 0 Å². The van der Waals surface area contributed by atoms with Crippen LogP contribution in [0.4, 0.5) is 0 Å². The maximum absolute atomic E-state index is 10.8. The molecule has 3 aliphatic rings. The fourth-order valence-corrected chi connectivity index (χ4v) is 4.72. The van der Waals surface area contributed by atoms with Gasteiger partial charge in [-0.15, -0.1) is 0 Å². The third kappa shape index (κ3) is 5.81. The van der Waals surface area contributed by atoms with Crippen molar-refractivity contribution in [2.45, 2.75) is 99.7 Å². The number of hydrogen-bond donors (Lipinski definition) is 8. The second-order valence-electron chi connectivity index (χ2n) is 9.23. The summed E-state index contributed by atoms with van der Waals surface area (Å²) < 4.78 is 33.6. The van der Waals surface area contributed by atoms with Crippen molar-refractivity contribution < 1.29 is 69.3 Å². The molecule has 3 saturated heterocycles. The Balaban J connectivity index is 1.76. The SMILES string of the molecule is CO[C@H](CO)[C@@H]1O[C@@H](O[C@@H]2C(C)[C@H](O[C@H]3C(O)[C@@H](C)O[C@H]3[C@H](O)CO)OC(CO)[C@H]2O)[C@@H](O)C1O. The number of aliphatic hydroxyl groups is 8. The number of hydrogen-bond acceptors (Lipinski definition) is 14. The Bertz CT molecular complexity index is 652. The summed E-state index contributed by atoms with van der Waals surface area (Å²) in [6.07, 6.45) is -16.7. The zero-order chi connectivity index (χ0) is 26.0. The lowest BCUT2D eigenvalue weighted by Crippen LogP contribution is -2.59. The van der Waals surface area contributed by atoms with Crippen LogP contribution in [0.25, 0.3) is 0 Å². The van der Waals surface area contributed by atoms with Crippen LogP contribution in [0, 0.1) is 5.92 Å². The summed E-state index contributed by atoms with van der Waals surface area (Å²) in [4.78, 5) is 0. The van der Waals surface area contributed by atoms with Crippen molar-refractivity contribution in [1.82, 2.24) is 0 Å². The summed E-state index contributed by atoms with van der Waals surface area (Å²) in [5.74, 6) is -0.772. The molecule has 14 heteroatoms. The van der Waals surface area contributed by atoms with Gasteiger partial charge < -0.3 is 69.3 Å². The Morgan fingerprint density at radius 3 is 1.97 bits per heavy atom. The Morgan fingerprint density at radius 1 is 0.743 bits per heavy atom. The van der Waals surface area contributed by atoms with Crippen molar-refractivity contribution >= 4 is 0 Å². The minimum absolute atomic E-state index is 0.485. The molecule has 0 aromatic heterocycles. The molecule has 0 radical (unpaired) electrons. The molecule has 0 amide bonds. The van der Waals surface area contributed by atoms with Crippen molar-refractivity contribution in [1.29, 1.82) is 0 Å². The second-order valence-corrected chi connectivity index (χ2v) is 9.23. The van der Waals surface area contributed by atoms with Crippen LogP contribution in [0.3, 0.4) is 0 Å². The van der Waals surface area contributed by atoms with Gasteiger partial charge in [0.05, 0.1) is 32.0 Å². The van der Waals surface area contributed by atoms with Gasteiger partial charge in [0.1, 0.15) is 61.0 Å². The molecule has 8 N–H and O–H groups in total. The number of aliphatic hydroxyl groups excluding tert-OH is 8. The van der Waals surface area contributed by atoms with E-state index >= 15 is 0 Å². The summed E-state index contributed by atoms with van der Waals surface area (Å²) in [6.45, 7) is 1.43. The minimum Gasteiger partial charge on any atom is -0.394 e. The molecule has 3 rings (SSSR count). The van der Waals surface area contributed by atoms with Crippen LogP contribution in [0.2, 0.25) is 0 Å². The maximum atomic E-state index is 10.8. The van der Waals surface area contributed by atoms with Crippen LogP contribution in [0.5, 0.6) is 0 Å². The van der Waals surface area contributed by atoms with Gasteiger partial charge in [-0.2, -0.15) is 0 Å². The zero-order valence-electron chi connectivity index (χ0n) is 19.8. The first-order valence-electron chi connectivity index (χ1n) is 11.6. The largest absolute Gasteiger partial charge is 0.394 e. The van der Waals surface area contributed by atoms with Gasteiger partial charge in [0.25, 0.3) is 0 Å². The van der Waals surface area contributed by atoms with Crippen molar-refractivity contribution in [3.05, 3.63) is 0 Å². The third-order valence-corrected chi connectivity index (χ3v) is 6.92. The highest BCUT2D eigenvalue weighted by Crippen LogP contribution is 2.36. The first kappa shape index (κ1) is 29.0. The van der Waals surface area contributed by atoms with E-state index in [1.807, 2.05) is 0 Å². The molecule has 0 spiro atoms. The van der Waals surface area contributed by atoms with Crippen molar-refractivity contribution in [2.24, 2.45) is 5.92 Å². The van der Waals surface area contributed by atoms with Crippen LogP contribution in [-0.2, 0) is 28.4 Å². The molecule has 0 aromatic rings. The fraction of sp³-hybridized carbons (Fsp3) is 1.00. The molecule has 3 fully saturated rings. The van der Waals surface area contributed by atoms with Gasteiger partial charge >= 0.3 is 0 Å². The summed E-state index contributed by atoms with van der Waals surface area (Å²) in [6, 6.07) is 0. The van der Waals surface area contributed by atoms with E-state index in [1.54, 1.807) is 13.8 Å². The highest BCUT2D eigenvalue weighted by molar-refractivity contribution is 4.97. The molecule has 14 nitrogen and oxygen atoms in total. The Kier molecular flexibility index (Phi) is 10.2. The van der Waals surface area contributed by atoms with Gasteiger partial charge in [-0.1, -0.05) is 6.92 Å². The molecule has 0 aliphatic carbocycles. The monoisotopic (exact) mass is 514 g/mol. The van der Waals surface area contributed by atoms with E-state index in [-0.39, 0.29) is 0 Å². The van der Waals surface area contributed by atoms with E-state index in [9.17, 15) is 40.9 Å². The minimum atomic E-state index is -1.53. The highest BCUT2D eigenvalue weighted by atomic mass is 16.7. The lowest BCUT2D eigenvalue weighted by Gasteiger charge is -2.44. The smallest absolute Gasteiger partial charge is 0.187 e. The number of rotatable bonds is 10. The quantitative estimate of drug-likeness (QED) is 0.138. The Labute approximate surface area is 202 Å². The molecular weight excluding hydrogens is 476 g/mol. The van der Waals surface area contributed by atoms with Gasteiger partial charge in [0, 0.05) is 13.0 Å². The van der Waals surface area contributed by atoms with Gasteiger partial charge in [-0.3, -0.25) is 0 Å². The molecule has 0 aromatic carbocycles. The maximum Gasteiger partial charge on any atom is 0.187 e. The molecular formula is C21H38O14. The fourth-order valence-electron chi connectivity index (χ4n) is 4.72. The summed E-state index contributed by atoms with van der Waals surface area (Å²) in [5, 5.41) is 80.7. The van der Waals surface area contributed by atoms with Gasteiger partial charge in [-0.25, -0.2) is 0 Å². The Hall–Kier alpha value is -0.560. The second kappa shape index (κ2) is 12.3. The van der Waals surface area contributed by atoms with E-state index in [1.165, 1.54) is 7.11 Å². The molecule has 35 heavy (non-hydrogen) atoms. The van der Waals surface area contributed by atoms with Crippen LogP contribution < -0.4 is 0 Å². The summed E-state index contributed by atoms with van der Waals surface area (Å²) >= 11 is 0. The van der Waals surface area contributed by atoms with Crippen molar-refractivity contribution in [3.63, 3.8) is 0 Å². The zero-order valence-corrected chi connectivity index (χ0v) is 19.8. The normalized spacial score (nSPS) is 48.3. The number of methoxy groups -OCH3 is 1. The van der Waals surface area contributed by atoms with Gasteiger partial charge in [0.2, 0.25) is 0 Å². The Morgan fingerprint density at radius 2 is 1.40 bits per heavy atom.